The fourth-order valence-corrected chi connectivity index (χ4v) is 7.54. The summed E-state index contributed by atoms with van der Waals surface area (Å²) in [4.78, 5) is 4.79. The predicted octanol–water partition coefficient (Wildman–Crippen LogP) is 9.13. The fraction of sp³-hybridized carbons (Fsp3) is 0.200. The van der Waals surface area contributed by atoms with Gasteiger partial charge in [-0.25, -0.2) is 0 Å². The molecule has 0 aliphatic carbocycles. The number of hydrogen-bond acceptors (Lipinski definition) is 6. The van der Waals surface area contributed by atoms with E-state index in [1.165, 1.54) is 32.9 Å². The second-order valence-electron chi connectivity index (χ2n) is 12.5. The SMILES string of the molecule is c1ccc(-c2c3oc4cc5cc(N6CCOCC6)ccc5cc4c3cc3oc4cc5cc(N6CCOCC6)ccc5cc4c23)cc1. The van der Waals surface area contributed by atoms with Gasteiger partial charge >= 0.3 is 0 Å². The number of morpholine rings is 2. The standard InChI is InChI=1S/C40H32N2O4/c1-2-4-25(5-3-1)38-39-34-21-27-7-9-31(42-12-16-44-17-13-42)19-29(27)23-36(34)45-37(39)24-33-32-20-26-6-8-30(41-10-14-43-15-11-41)18-28(26)22-35(32)46-40(33)38/h1-9,18-24H,10-17H2. The first kappa shape index (κ1) is 26.2. The Morgan fingerprint density at radius 2 is 1.04 bits per heavy atom. The van der Waals surface area contributed by atoms with Gasteiger partial charge in [0.2, 0.25) is 0 Å². The third-order valence-electron chi connectivity index (χ3n) is 9.89. The molecule has 0 saturated carbocycles. The van der Waals surface area contributed by atoms with Gasteiger partial charge in [-0.1, -0.05) is 42.5 Å². The quantitative estimate of drug-likeness (QED) is 0.201. The van der Waals surface area contributed by atoms with Crippen molar-refractivity contribution in [2.45, 2.75) is 0 Å². The zero-order valence-corrected chi connectivity index (χ0v) is 25.4. The van der Waals surface area contributed by atoms with E-state index in [0.717, 1.165) is 108 Å². The summed E-state index contributed by atoms with van der Waals surface area (Å²) >= 11 is 0. The molecule has 2 saturated heterocycles. The summed E-state index contributed by atoms with van der Waals surface area (Å²) in [7, 11) is 0. The van der Waals surface area contributed by atoms with Crippen LogP contribution in [-0.2, 0) is 9.47 Å². The summed E-state index contributed by atoms with van der Waals surface area (Å²) < 4.78 is 24.7. The molecule has 2 aliphatic rings. The molecule has 6 nitrogen and oxygen atoms in total. The second-order valence-corrected chi connectivity index (χ2v) is 12.5. The highest BCUT2D eigenvalue weighted by Crippen LogP contribution is 2.46. The molecule has 0 radical (unpaired) electrons. The van der Waals surface area contributed by atoms with Gasteiger partial charge in [0.25, 0.3) is 0 Å². The molecule has 46 heavy (non-hydrogen) atoms. The van der Waals surface area contributed by atoms with Gasteiger partial charge in [-0.2, -0.15) is 0 Å². The number of furan rings is 2. The Labute approximate surface area is 265 Å². The molecule has 10 rings (SSSR count). The van der Waals surface area contributed by atoms with Crippen molar-refractivity contribution >= 4 is 76.8 Å². The molecule has 2 fully saturated rings. The van der Waals surface area contributed by atoms with E-state index in [1.807, 2.05) is 0 Å². The van der Waals surface area contributed by atoms with E-state index in [1.54, 1.807) is 0 Å². The summed E-state index contributed by atoms with van der Waals surface area (Å²) in [6, 6.07) is 35.2. The largest absolute Gasteiger partial charge is 0.456 e. The van der Waals surface area contributed by atoms with Gasteiger partial charge in [0.15, 0.2) is 0 Å². The molecule has 0 amide bonds. The van der Waals surface area contributed by atoms with E-state index in [9.17, 15) is 0 Å². The molecule has 0 atom stereocenters. The second kappa shape index (κ2) is 10.2. The lowest BCUT2D eigenvalue weighted by atomic mass is 9.95. The number of nitrogens with zero attached hydrogens (tertiary/aromatic N) is 2. The van der Waals surface area contributed by atoms with Crippen LogP contribution < -0.4 is 9.80 Å². The third kappa shape index (κ3) is 4.10. The predicted molar refractivity (Wildman–Crippen MR) is 188 cm³/mol. The highest BCUT2D eigenvalue weighted by molar-refractivity contribution is 6.25. The van der Waals surface area contributed by atoms with Crippen molar-refractivity contribution in [2.24, 2.45) is 0 Å². The van der Waals surface area contributed by atoms with Gasteiger partial charge in [0, 0.05) is 64.7 Å². The van der Waals surface area contributed by atoms with Crippen LogP contribution in [0.25, 0.3) is 76.5 Å². The third-order valence-corrected chi connectivity index (χ3v) is 9.89. The number of benzene rings is 6. The Balaban J connectivity index is 1.20. The molecular formula is C40H32N2O4. The summed E-state index contributed by atoms with van der Waals surface area (Å²) in [5.74, 6) is 0. The van der Waals surface area contributed by atoms with Crippen LogP contribution in [-0.4, -0.2) is 52.6 Å². The lowest BCUT2D eigenvalue weighted by Crippen LogP contribution is -2.36. The minimum atomic E-state index is 0.768. The minimum absolute atomic E-state index is 0.768. The van der Waals surface area contributed by atoms with E-state index in [2.05, 4.69) is 107 Å². The van der Waals surface area contributed by atoms with Crippen molar-refractivity contribution in [3.8, 4) is 11.1 Å². The van der Waals surface area contributed by atoms with Crippen LogP contribution >= 0.6 is 0 Å². The average molecular weight is 605 g/mol. The van der Waals surface area contributed by atoms with Crippen molar-refractivity contribution in [3.63, 3.8) is 0 Å². The minimum Gasteiger partial charge on any atom is -0.456 e. The summed E-state index contributed by atoms with van der Waals surface area (Å²) in [5, 5.41) is 9.09. The Morgan fingerprint density at radius 3 is 1.67 bits per heavy atom. The molecule has 0 spiro atoms. The summed E-state index contributed by atoms with van der Waals surface area (Å²) in [5.41, 5.74) is 8.17. The van der Waals surface area contributed by atoms with Crippen LogP contribution in [0.2, 0.25) is 0 Å². The van der Waals surface area contributed by atoms with Crippen molar-refractivity contribution in [1.82, 2.24) is 0 Å². The smallest absolute Gasteiger partial charge is 0.144 e. The van der Waals surface area contributed by atoms with Crippen molar-refractivity contribution in [3.05, 3.63) is 97.1 Å². The van der Waals surface area contributed by atoms with Crippen LogP contribution in [0.5, 0.6) is 0 Å². The maximum Gasteiger partial charge on any atom is 0.144 e. The van der Waals surface area contributed by atoms with E-state index in [-0.39, 0.29) is 0 Å². The highest BCUT2D eigenvalue weighted by Gasteiger charge is 2.22. The topological polar surface area (TPSA) is 51.2 Å². The van der Waals surface area contributed by atoms with Crippen LogP contribution in [0.4, 0.5) is 11.4 Å². The first-order chi connectivity index (χ1) is 22.8. The van der Waals surface area contributed by atoms with E-state index < -0.39 is 0 Å². The molecule has 6 heteroatoms. The zero-order chi connectivity index (χ0) is 30.2. The maximum atomic E-state index is 6.84. The lowest BCUT2D eigenvalue weighted by molar-refractivity contribution is 0.122. The van der Waals surface area contributed by atoms with Gasteiger partial charge in [-0.15, -0.1) is 0 Å². The molecule has 4 heterocycles. The fourth-order valence-electron chi connectivity index (χ4n) is 7.54. The van der Waals surface area contributed by atoms with E-state index in [0.29, 0.717) is 0 Å². The van der Waals surface area contributed by atoms with Gasteiger partial charge in [-0.3, -0.25) is 0 Å². The molecule has 0 unspecified atom stereocenters. The van der Waals surface area contributed by atoms with E-state index in [4.69, 9.17) is 18.3 Å². The van der Waals surface area contributed by atoms with Crippen LogP contribution in [0.15, 0.2) is 106 Å². The normalized spacial score (nSPS) is 16.2. The number of hydrogen-bond donors (Lipinski definition) is 0. The molecule has 226 valence electrons. The average Bonchev–Trinajstić information content (AvgIpc) is 3.65. The first-order valence-electron chi connectivity index (χ1n) is 16.2. The van der Waals surface area contributed by atoms with Crippen molar-refractivity contribution in [2.75, 3.05) is 62.4 Å². The van der Waals surface area contributed by atoms with Gasteiger partial charge < -0.3 is 28.1 Å². The van der Waals surface area contributed by atoms with E-state index >= 15 is 0 Å². The maximum absolute atomic E-state index is 6.84. The van der Waals surface area contributed by atoms with Crippen molar-refractivity contribution in [1.29, 1.82) is 0 Å². The number of anilines is 2. The molecule has 2 aliphatic heterocycles. The first-order valence-corrected chi connectivity index (χ1v) is 16.2. The van der Waals surface area contributed by atoms with Gasteiger partial charge in [-0.05, 0) is 81.7 Å². The van der Waals surface area contributed by atoms with Crippen LogP contribution in [0.1, 0.15) is 0 Å². The molecule has 0 bridgehead atoms. The Kier molecular flexibility index (Phi) is 5.83. The monoisotopic (exact) mass is 604 g/mol. The molecule has 2 aromatic heterocycles. The Bertz CT molecular complexity index is 2410. The van der Waals surface area contributed by atoms with Crippen LogP contribution in [0, 0.1) is 0 Å². The Hall–Kier alpha value is -5.04. The molecular weight excluding hydrogens is 572 g/mol. The number of rotatable bonds is 3. The lowest BCUT2D eigenvalue weighted by Gasteiger charge is -2.29. The molecule has 6 aromatic carbocycles. The van der Waals surface area contributed by atoms with Gasteiger partial charge in [0.05, 0.1) is 26.4 Å². The molecule has 8 aromatic rings. The highest BCUT2D eigenvalue weighted by atomic mass is 16.5. The van der Waals surface area contributed by atoms with Crippen LogP contribution in [0.3, 0.4) is 0 Å². The van der Waals surface area contributed by atoms with Gasteiger partial charge in [0.1, 0.15) is 22.3 Å². The summed E-state index contributed by atoms with van der Waals surface area (Å²) in [6.07, 6.45) is 0. The number of ether oxygens (including phenoxy) is 2. The molecule has 0 N–H and O–H groups in total. The summed E-state index contributed by atoms with van der Waals surface area (Å²) in [6.45, 7) is 6.72. The zero-order valence-electron chi connectivity index (χ0n) is 25.4. The number of fused-ring (bicyclic) bond motifs is 8. The Morgan fingerprint density at radius 1 is 0.457 bits per heavy atom. The van der Waals surface area contributed by atoms with Crippen molar-refractivity contribution < 1.29 is 18.3 Å².